The second-order valence-electron chi connectivity index (χ2n) is 8.99. The summed E-state index contributed by atoms with van der Waals surface area (Å²) in [4.78, 5) is 26.0. The quantitative estimate of drug-likeness (QED) is 0.294. The van der Waals surface area contributed by atoms with Gasteiger partial charge in [-0.3, -0.25) is 9.59 Å². The summed E-state index contributed by atoms with van der Waals surface area (Å²) in [6.45, 7) is 3.51. The van der Waals surface area contributed by atoms with E-state index in [2.05, 4.69) is 25.9 Å². The molecule has 0 aliphatic rings. The third kappa shape index (κ3) is 6.07. The van der Waals surface area contributed by atoms with Gasteiger partial charge in [-0.25, -0.2) is 5.10 Å². The lowest BCUT2D eigenvalue weighted by Gasteiger charge is -2.23. The predicted octanol–water partition coefficient (Wildman–Crippen LogP) is 3.16. The Morgan fingerprint density at radius 1 is 0.972 bits per heavy atom. The van der Waals surface area contributed by atoms with E-state index in [4.69, 9.17) is 10.5 Å². The number of tetrazole rings is 1. The third-order valence-electron chi connectivity index (χ3n) is 5.61. The van der Waals surface area contributed by atoms with E-state index in [0.29, 0.717) is 18.0 Å². The standard InChI is InChI=1S/C27H28N6O3/c1-27(2,28)26(35)29-23(17-36-16-18-8-4-3-5-9-18)24(34)20-14-12-19(13-15-20)21-10-6-7-11-22(21)25-30-32-33-31-25/h3-15,23H,16-17,28H2,1-2H3,(H,29,35)(H,30,31,32,33). The molecule has 9 heteroatoms. The summed E-state index contributed by atoms with van der Waals surface area (Å²) in [5.41, 5.74) is 8.87. The second-order valence-corrected chi connectivity index (χ2v) is 8.99. The lowest BCUT2D eigenvalue weighted by molar-refractivity contribution is -0.126. The van der Waals surface area contributed by atoms with Crippen molar-refractivity contribution in [2.75, 3.05) is 6.61 Å². The number of nitrogens with zero attached hydrogens (tertiary/aromatic N) is 3. The molecule has 1 heterocycles. The highest BCUT2D eigenvalue weighted by Gasteiger charge is 2.29. The Morgan fingerprint density at radius 2 is 1.64 bits per heavy atom. The summed E-state index contributed by atoms with van der Waals surface area (Å²) < 4.78 is 5.79. The smallest absolute Gasteiger partial charge is 0.240 e. The monoisotopic (exact) mass is 484 g/mol. The molecule has 4 rings (SSSR count). The van der Waals surface area contributed by atoms with Crippen molar-refractivity contribution in [3.05, 3.63) is 90.0 Å². The molecule has 36 heavy (non-hydrogen) atoms. The first-order valence-corrected chi connectivity index (χ1v) is 11.5. The number of ketones is 1. The molecule has 1 aromatic heterocycles. The molecule has 0 bridgehead atoms. The van der Waals surface area contributed by atoms with Crippen LogP contribution in [0, 0.1) is 0 Å². The summed E-state index contributed by atoms with van der Waals surface area (Å²) in [5, 5.41) is 16.8. The van der Waals surface area contributed by atoms with Crippen LogP contribution in [0.1, 0.15) is 29.8 Å². The Labute approximate surface area is 209 Å². The molecule has 1 unspecified atom stereocenters. The average Bonchev–Trinajstić information content (AvgIpc) is 3.43. The van der Waals surface area contributed by atoms with E-state index in [1.807, 2.05) is 66.7 Å². The Balaban J connectivity index is 1.53. The van der Waals surface area contributed by atoms with Gasteiger partial charge in [0, 0.05) is 11.1 Å². The molecule has 0 saturated heterocycles. The lowest BCUT2D eigenvalue weighted by Crippen LogP contribution is -2.55. The van der Waals surface area contributed by atoms with Gasteiger partial charge in [-0.2, -0.15) is 0 Å². The fourth-order valence-electron chi connectivity index (χ4n) is 3.63. The van der Waals surface area contributed by atoms with Crippen molar-refractivity contribution in [1.82, 2.24) is 25.9 Å². The van der Waals surface area contributed by atoms with E-state index in [1.165, 1.54) is 0 Å². The molecule has 0 fully saturated rings. The zero-order valence-corrected chi connectivity index (χ0v) is 20.1. The van der Waals surface area contributed by atoms with Gasteiger partial charge in [0.2, 0.25) is 5.91 Å². The predicted molar refractivity (Wildman–Crippen MR) is 136 cm³/mol. The molecule has 0 aliphatic heterocycles. The van der Waals surface area contributed by atoms with Gasteiger partial charge in [0.1, 0.15) is 6.04 Å². The Hall–Kier alpha value is -4.21. The van der Waals surface area contributed by atoms with E-state index in [1.54, 1.807) is 26.0 Å². The van der Waals surface area contributed by atoms with Crippen LogP contribution in [0.25, 0.3) is 22.5 Å². The molecule has 0 saturated carbocycles. The Bertz CT molecular complexity index is 1300. The molecule has 4 aromatic rings. The number of amides is 1. The minimum Gasteiger partial charge on any atom is -0.374 e. The zero-order valence-electron chi connectivity index (χ0n) is 20.1. The summed E-state index contributed by atoms with van der Waals surface area (Å²) in [7, 11) is 0. The van der Waals surface area contributed by atoms with E-state index in [9.17, 15) is 9.59 Å². The van der Waals surface area contributed by atoms with E-state index in [0.717, 1.165) is 22.3 Å². The molecule has 1 atom stereocenters. The molecule has 184 valence electrons. The zero-order chi connectivity index (χ0) is 25.5. The highest BCUT2D eigenvalue weighted by molar-refractivity contribution is 6.03. The first-order chi connectivity index (χ1) is 17.3. The Morgan fingerprint density at radius 3 is 2.28 bits per heavy atom. The van der Waals surface area contributed by atoms with Crippen molar-refractivity contribution in [3.63, 3.8) is 0 Å². The third-order valence-corrected chi connectivity index (χ3v) is 5.61. The van der Waals surface area contributed by atoms with Crippen molar-refractivity contribution in [2.45, 2.75) is 32.0 Å². The van der Waals surface area contributed by atoms with Crippen LogP contribution < -0.4 is 11.1 Å². The number of aromatic nitrogens is 4. The van der Waals surface area contributed by atoms with Crippen molar-refractivity contribution >= 4 is 11.7 Å². The summed E-state index contributed by atoms with van der Waals surface area (Å²) in [6, 6.07) is 23.6. The number of benzene rings is 3. The molecule has 4 N–H and O–H groups in total. The van der Waals surface area contributed by atoms with Crippen LogP contribution in [-0.4, -0.2) is 50.5 Å². The number of nitrogens with two attached hydrogens (primary N) is 1. The van der Waals surface area contributed by atoms with E-state index < -0.39 is 17.5 Å². The molecule has 0 aliphatic carbocycles. The maximum Gasteiger partial charge on any atom is 0.240 e. The van der Waals surface area contributed by atoms with E-state index >= 15 is 0 Å². The van der Waals surface area contributed by atoms with Crippen LogP contribution in [0.3, 0.4) is 0 Å². The van der Waals surface area contributed by atoms with Gasteiger partial charge >= 0.3 is 0 Å². The molecule has 3 aromatic carbocycles. The van der Waals surface area contributed by atoms with Crippen LogP contribution in [0.4, 0.5) is 0 Å². The summed E-state index contributed by atoms with van der Waals surface area (Å²) in [5.74, 6) is -0.149. The molecule has 9 nitrogen and oxygen atoms in total. The van der Waals surface area contributed by atoms with Gasteiger partial charge in [-0.15, -0.1) is 5.10 Å². The minimum atomic E-state index is -1.14. The van der Waals surface area contributed by atoms with Gasteiger partial charge in [0.05, 0.1) is 18.8 Å². The number of hydrogen-bond donors (Lipinski definition) is 3. The number of rotatable bonds is 10. The highest BCUT2D eigenvalue weighted by atomic mass is 16.5. The number of ether oxygens (including phenoxy) is 1. The largest absolute Gasteiger partial charge is 0.374 e. The van der Waals surface area contributed by atoms with Gasteiger partial charge in [-0.05, 0) is 41.0 Å². The number of carbonyl (C=O) groups is 2. The lowest BCUT2D eigenvalue weighted by atomic mass is 9.96. The number of H-pyrrole nitrogens is 1. The molecular weight excluding hydrogens is 456 g/mol. The fourth-order valence-corrected chi connectivity index (χ4v) is 3.63. The molecule has 0 radical (unpaired) electrons. The van der Waals surface area contributed by atoms with Crippen molar-refractivity contribution in [2.24, 2.45) is 5.73 Å². The SMILES string of the molecule is CC(C)(N)C(=O)NC(COCc1ccccc1)C(=O)c1ccc(-c2ccccc2-c2nnn[nH]2)cc1. The maximum atomic E-state index is 13.4. The molecular formula is C27H28N6O3. The van der Waals surface area contributed by atoms with Crippen LogP contribution in [0.5, 0.6) is 0 Å². The van der Waals surface area contributed by atoms with Gasteiger partial charge < -0.3 is 15.8 Å². The summed E-state index contributed by atoms with van der Waals surface area (Å²) >= 11 is 0. The number of carbonyl (C=O) groups excluding carboxylic acids is 2. The average molecular weight is 485 g/mol. The normalized spacial score (nSPS) is 12.2. The van der Waals surface area contributed by atoms with E-state index in [-0.39, 0.29) is 12.4 Å². The topological polar surface area (TPSA) is 136 Å². The van der Waals surface area contributed by atoms with Gasteiger partial charge in [-0.1, -0.05) is 78.9 Å². The van der Waals surface area contributed by atoms with Crippen LogP contribution in [0.15, 0.2) is 78.9 Å². The number of hydrogen-bond acceptors (Lipinski definition) is 7. The van der Waals surface area contributed by atoms with Crippen LogP contribution >= 0.6 is 0 Å². The van der Waals surface area contributed by atoms with Crippen molar-refractivity contribution in [1.29, 1.82) is 0 Å². The number of Topliss-reactive ketones (excluding diaryl/α,β-unsaturated/α-hetero) is 1. The van der Waals surface area contributed by atoms with Crippen LogP contribution in [-0.2, 0) is 16.1 Å². The minimum absolute atomic E-state index is 0.0125. The second kappa shape index (κ2) is 11.0. The summed E-state index contributed by atoms with van der Waals surface area (Å²) in [6.07, 6.45) is 0. The van der Waals surface area contributed by atoms with Gasteiger partial charge in [0.25, 0.3) is 0 Å². The van der Waals surface area contributed by atoms with Crippen molar-refractivity contribution < 1.29 is 14.3 Å². The molecule has 1 amide bonds. The highest BCUT2D eigenvalue weighted by Crippen LogP contribution is 2.29. The van der Waals surface area contributed by atoms with Gasteiger partial charge in [0.15, 0.2) is 11.6 Å². The van der Waals surface area contributed by atoms with Crippen molar-refractivity contribution in [3.8, 4) is 22.5 Å². The first-order valence-electron chi connectivity index (χ1n) is 11.5. The number of nitrogens with one attached hydrogen (secondary N) is 2. The molecule has 0 spiro atoms. The van der Waals surface area contributed by atoms with Crippen LogP contribution in [0.2, 0.25) is 0 Å². The maximum absolute atomic E-state index is 13.4. The number of aromatic amines is 1. The Kier molecular flexibility index (Phi) is 7.62. The first kappa shape index (κ1) is 24.9. The fraction of sp³-hybridized carbons (Fsp3) is 0.222.